The molecular weight excluding hydrogens is 489 g/mol. The van der Waals surface area contributed by atoms with Crippen molar-refractivity contribution in [1.29, 1.82) is 0 Å². The van der Waals surface area contributed by atoms with Gasteiger partial charge in [0.15, 0.2) is 0 Å². The molecule has 190 valence electrons. The maximum atomic E-state index is 14.6. The molecule has 2 fully saturated rings. The lowest BCUT2D eigenvalue weighted by Gasteiger charge is -2.35. The molecule has 1 amide bonds. The van der Waals surface area contributed by atoms with Gasteiger partial charge in [0.25, 0.3) is 0 Å². The topological polar surface area (TPSA) is 64.2 Å². The molecule has 0 spiro atoms. The second-order valence-corrected chi connectivity index (χ2v) is 10.7. The summed E-state index contributed by atoms with van der Waals surface area (Å²) < 4.78 is 43.5. The number of likely N-dealkylation sites (tertiary alicyclic amines) is 1. The van der Waals surface area contributed by atoms with Gasteiger partial charge >= 0.3 is 0 Å². The average Bonchev–Trinajstić information content (AvgIpc) is 3.45. The van der Waals surface area contributed by atoms with Crippen LogP contribution in [0.15, 0.2) is 48.7 Å². The van der Waals surface area contributed by atoms with Crippen molar-refractivity contribution in [3.05, 3.63) is 82.4 Å². The van der Waals surface area contributed by atoms with Crippen molar-refractivity contribution < 1.29 is 18.0 Å². The summed E-state index contributed by atoms with van der Waals surface area (Å²) in [6.07, 6.45) is 4.07. The van der Waals surface area contributed by atoms with Crippen molar-refractivity contribution >= 4 is 17.5 Å². The minimum absolute atomic E-state index is 0.0322. The fourth-order valence-electron chi connectivity index (χ4n) is 5.85. The van der Waals surface area contributed by atoms with Gasteiger partial charge in [-0.25, -0.2) is 17.9 Å². The van der Waals surface area contributed by atoms with E-state index >= 15 is 0 Å². The summed E-state index contributed by atoms with van der Waals surface area (Å²) >= 11 is 5.97. The summed E-state index contributed by atoms with van der Waals surface area (Å²) in [6.45, 7) is 2.98. The third kappa shape index (κ3) is 4.76. The highest BCUT2D eigenvalue weighted by atomic mass is 35.5. The molecule has 2 aliphatic rings. The molecule has 3 aromatic rings. The molecule has 1 aromatic heterocycles. The van der Waals surface area contributed by atoms with Gasteiger partial charge in [-0.1, -0.05) is 17.7 Å². The number of carbonyl (C=O) groups is 1. The van der Waals surface area contributed by atoms with Gasteiger partial charge in [-0.3, -0.25) is 4.79 Å². The van der Waals surface area contributed by atoms with Crippen LogP contribution in [-0.4, -0.2) is 39.2 Å². The summed E-state index contributed by atoms with van der Waals surface area (Å²) in [5.41, 5.74) is 7.81. The van der Waals surface area contributed by atoms with E-state index in [-0.39, 0.29) is 16.8 Å². The van der Waals surface area contributed by atoms with Crippen molar-refractivity contribution in [3.63, 3.8) is 0 Å². The van der Waals surface area contributed by atoms with E-state index < -0.39 is 34.8 Å². The van der Waals surface area contributed by atoms with Crippen molar-refractivity contribution in [2.24, 2.45) is 11.7 Å². The van der Waals surface area contributed by atoms with Crippen LogP contribution in [0.3, 0.4) is 0 Å². The van der Waals surface area contributed by atoms with Crippen LogP contribution in [0.5, 0.6) is 0 Å². The first kappa shape index (κ1) is 24.8. The number of halogens is 4. The van der Waals surface area contributed by atoms with Crippen LogP contribution in [-0.2, 0) is 4.79 Å². The zero-order chi connectivity index (χ0) is 25.6. The highest BCUT2D eigenvalue weighted by Crippen LogP contribution is 2.46. The van der Waals surface area contributed by atoms with Crippen molar-refractivity contribution in [3.8, 4) is 5.69 Å². The van der Waals surface area contributed by atoms with Gasteiger partial charge in [-0.05, 0) is 68.5 Å². The van der Waals surface area contributed by atoms with Crippen molar-refractivity contribution in [2.45, 2.75) is 50.0 Å². The molecule has 0 unspecified atom stereocenters. The van der Waals surface area contributed by atoms with E-state index in [1.165, 1.54) is 18.2 Å². The average molecular weight is 517 g/mol. The van der Waals surface area contributed by atoms with Gasteiger partial charge in [-0.15, -0.1) is 0 Å². The maximum Gasteiger partial charge on any atom is 0.226 e. The Morgan fingerprint density at radius 1 is 1.06 bits per heavy atom. The van der Waals surface area contributed by atoms with E-state index in [4.69, 9.17) is 17.3 Å². The van der Waals surface area contributed by atoms with E-state index in [0.717, 1.165) is 24.6 Å². The molecule has 5 nitrogen and oxygen atoms in total. The van der Waals surface area contributed by atoms with Crippen molar-refractivity contribution in [2.75, 3.05) is 13.1 Å². The Morgan fingerprint density at radius 2 is 1.81 bits per heavy atom. The van der Waals surface area contributed by atoms with E-state index in [9.17, 15) is 18.0 Å². The number of aromatic nitrogens is 2. The van der Waals surface area contributed by atoms with Crippen LogP contribution >= 0.6 is 11.6 Å². The molecule has 36 heavy (non-hydrogen) atoms. The highest BCUT2D eigenvalue weighted by molar-refractivity contribution is 6.30. The van der Waals surface area contributed by atoms with Crippen LogP contribution < -0.4 is 5.73 Å². The molecule has 1 aliphatic heterocycles. The second-order valence-electron chi connectivity index (χ2n) is 10.3. The first-order valence-electron chi connectivity index (χ1n) is 12.1. The summed E-state index contributed by atoms with van der Waals surface area (Å²) in [4.78, 5) is 15.4. The molecule has 2 aromatic carbocycles. The first-order valence-corrected chi connectivity index (χ1v) is 12.5. The standard InChI is InChI=1S/C27H28ClF3N4O/c1-27(32)14-20(19-4-2-17(29)12-24(19)31)21(15-27)26(36)34-10-7-16(8-11-34)25-6-9-33-35(25)18-3-5-23(30)22(28)13-18/h2-6,9,12-13,16,20-21H,7-8,10-11,14-15,32H2,1H3/t20-,21+,27-/m0/s1. The normalized spacial score (nSPS) is 24.9. The van der Waals surface area contributed by atoms with E-state index in [1.807, 2.05) is 17.9 Å². The molecule has 2 N–H and O–H groups in total. The molecule has 1 aliphatic carbocycles. The van der Waals surface area contributed by atoms with Crippen LogP contribution in [0, 0.1) is 23.4 Å². The molecule has 1 saturated heterocycles. The molecule has 0 radical (unpaired) electrons. The minimum atomic E-state index is -0.642. The first-order chi connectivity index (χ1) is 17.1. The number of nitrogens with two attached hydrogens (primary N) is 1. The summed E-state index contributed by atoms with van der Waals surface area (Å²) in [5.74, 6) is -2.48. The summed E-state index contributed by atoms with van der Waals surface area (Å²) in [7, 11) is 0. The minimum Gasteiger partial charge on any atom is -0.342 e. The number of amides is 1. The van der Waals surface area contributed by atoms with Gasteiger partial charge in [0, 0.05) is 54.3 Å². The Kier molecular flexibility index (Phi) is 6.59. The Bertz CT molecular complexity index is 1290. The zero-order valence-electron chi connectivity index (χ0n) is 19.9. The number of hydrogen-bond donors (Lipinski definition) is 1. The summed E-state index contributed by atoms with van der Waals surface area (Å²) in [6, 6.07) is 9.97. The molecule has 9 heteroatoms. The van der Waals surface area contributed by atoms with Crippen LogP contribution in [0.2, 0.25) is 5.02 Å². The monoisotopic (exact) mass is 516 g/mol. The van der Waals surface area contributed by atoms with Gasteiger partial charge < -0.3 is 10.6 Å². The van der Waals surface area contributed by atoms with E-state index in [1.54, 1.807) is 23.0 Å². The fourth-order valence-corrected chi connectivity index (χ4v) is 6.02. The van der Waals surface area contributed by atoms with Gasteiger partial charge in [0.1, 0.15) is 17.5 Å². The van der Waals surface area contributed by atoms with Crippen LogP contribution in [0.25, 0.3) is 5.69 Å². The van der Waals surface area contributed by atoms with Gasteiger partial charge in [0.05, 0.1) is 10.7 Å². The smallest absolute Gasteiger partial charge is 0.226 e. The number of rotatable bonds is 4. The Hall–Kier alpha value is -2.84. The van der Waals surface area contributed by atoms with E-state index in [0.29, 0.717) is 37.2 Å². The second kappa shape index (κ2) is 9.56. The number of benzene rings is 2. The number of carbonyl (C=O) groups excluding carboxylic acids is 1. The SMILES string of the molecule is C[C@@]1(N)C[C@@H](C(=O)N2CCC(c3ccnn3-c3ccc(F)c(Cl)c3)CC2)[C@H](c2ccc(F)cc2F)C1. The Balaban J connectivity index is 1.31. The molecule has 1 saturated carbocycles. The quantitative estimate of drug-likeness (QED) is 0.494. The molecule has 2 heterocycles. The van der Waals surface area contributed by atoms with Gasteiger partial charge in [-0.2, -0.15) is 5.10 Å². The van der Waals surface area contributed by atoms with Crippen LogP contribution in [0.1, 0.15) is 55.7 Å². The Morgan fingerprint density at radius 3 is 2.50 bits per heavy atom. The molecular formula is C27H28ClF3N4O. The molecule has 0 bridgehead atoms. The maximum absolute atomic E-state index is 14.6. The Labute approximate surface area is 213 Å². The number of nitrogens with zero attached hydrogens (tertiary/aromatic N) is 3. The number of piperidine rings is 1. The predicted molar refractivity (Wildman–Crippen MR) is 132 cm³/mol. The zero-order valence-corrected chi connectivity index (χ0v) is 20.7. The summed E-state index contributed by atoms with van der Waals surface area (Å²) in [5, 5.41) is 4.43. The molecule has 5 rings (SSSR count). The third-order valence-electron chi connectivity index (χ3n) is 7.58. The van der Waals surface area contributed by atoms with Crippen molar-refractivity contribution in [1.82, 2.24) is 14.7 Å². The predicted octanol–water partition coefficient (Wildman–Crippen LogP) is 5.56. The van der Waals surface area contributed by atoms with Gasteiger partial charge in [0.2, 0.25) is 5.91 Å². The molecule has 3 atom stereocenters. The highest BCUT2D eigenvalue weighted by Gasteiger charge is 2.46. The van der Waals surface area contributed by atoms with E-state index in [2.05, 4.69) is 5.10 Å². The lowest BCUT2D eigenvalue weighted by molar-refractivity contribution is -0.137. The van der Waals surface area contributed by atoms with Crippen LogP contribution in [0.4, 0.5) is 13.2 Å². The lowest BCUT2D eigenvalue weighted by Crippen LogP contribution is -2.43. The third-order valence-corrected chi connectivity index (χ3v) is 7.87. The number of hydrogen-bond acceptors (Lipinski definition) is 3. The lowest BCUT2D eigenvalue weighted by atomic mass is 9.86. The fraction of sp³-hybridized carbons (Fsp3) is 0.407. The largest absolute Gasteiger partial charge is 0.342 e.